The lowest BCUT2D eigenvalue weighted by atomic mass is 10.2. The summed E-state index contributed by atoms with van der Waals surface area (Å²) < 4.78 is 32.1. The molecule has 5 nitrogen and oxygen atoms in total. The van der Waals surface area contributed by atoms with Crippen molar-refractivity contribution < 1.29 is 13.2 Å². The topological polar surface area (TPSA) is 72.6 Å². The molecule has 0 aromatic heterocycles. The highest BCUT2D eigenvalue weighted by Gasteiger charge is 2.23. The molecule has 0 saturated carbocycles. The Morgan fingerprint density at radius 3 is 2.33 bits per heavy atom. The fraction of sp³-hybridized carbons (Fsp3) is 0.600. The standard InChI is InChI=1S/C15H26N2O3S/c1-4-17(12-13(2)3)21(18,19)15-8-6-14(7-9-15)20-11-5-10-16/h6-9,13H,4-5,10-12,16H2,1-3H3. The summed E-state index contributed by atoms with van der Waals surface area (Å²) in [4.78, 5) is 0.302. The fourth-order valence-corrected chi connectivity index (χ4v) is 3.55. The molecule has 0 saturated heterocycles. The van der Waals surface area contributed by atoms with E-state index in [1.165, 1.54) is 4.31 Å². The third-order valence-electron chi connectivity index (χ3n) is 3.00. The molecule has 0 aliphatic rings. The van der Waals surface area contributed by atoms with Gasteiger partial charge in [-0.05, 0) is 43.1 Å². The van der Waals surface area contributed by atoms with Gasteiger partial charge in [0.05, 0.1) is 11.5 Å². The van der Waals surface area contributed by atoms with Crippen LogP contribution < -0.4 is 10.5 Å². The predicted octanol–water partition coefficient (Wildman–Crippen LogP) is 2.08. The average Bonchev–Trinajstić information content (AvgIpc) is 2.45. The maximum absolute atomic E-state index is 12.5. The second-order valence-electron chi connectivity index (χ2n) is 5.31. The van der Waals surface area contributed by atoms with Crippen LogP contribution in [0.25, 0.3) is 0 Å². The number of nitrogens with two attached hydrogens (primary N) is 1. The number of hydrogen-bond donors (Lipinski definition) is 1. The van der Waals surface area contributed by atoms with Gasteiger partial charge < -0.3 is 10.5 Å². The molecule has 0 heterocycles. The van der Waals surface area contributed by atoms with Gasteiger partial charge in [0.25, 0.3) is 0 Å². The van der Waals surface area contributed by atoms with E-state index in [0.717, 1.165) is 6.42 Å². The maximum Gasteiger partial charge on any atom is 0.243 e. The van der Waals surface area contributed by atoms with Gasteiger partial charge in [0.15, 0.2) is 0 Å². The van der Waals surface area contributed by atoms with Crippen LogP contribution in [0.5, 0.6) is 5.75 Å². The van der Waals surface area contributed by atoms with Crippen molar-refractivity contribution in [3.05, 3.63) is 24.3 Å². The van der Waals surface area contributed by atoms with Crippen LogP contribution in [0.2, 0.25) is 0 Å². The van der Waals surface area contributed by atoms with Gasteiger partial charge in [-0.3, -0.25) is 0 Å². The lowest BCUT2D eigenvalue weighted by molar-refractivity contribution is 0.313. The van der Waals surface area contributed by atoms with Gasteiger partial charge >= 0.3 is 0 Å². The van der Waals surface area contributed by atoms with E-state index in [9.17, 15) is 8.42 Å². The number of sulfonamides is 1. The van der Waals surface area contributed by atoms with Gasteiger partial charge in [-0.25, -0.2) is 8.42 Å². The number of rotatable bonds is 9. The second-order valence-corrected chi connectivity index (χ2v) is 7.25. The molecule has 0 radical (unpaired) electrons. The first kappa shape index (κ1) is 17.9. The Hall–Kier alpha value is -1.11. The summed E-state index contributed by atoms with van der Waals surface area (Å²) in [7, 11) is -3.43. The van der Waals surface area contributed by atoms with Crippen LogP contribution in [-0.4, -0.2) is 39.0 Å². The number of ether oxygens (including phenoxy) is 1. The van der Waals surface area contributed by atoms with Crippen LogP contribution in [0, 0.1) is 5.92 Å². The van der Waals surface area contributed by atoms with Crippen LogP contribution in [-0.2, 0) is 10.0 Å². The predicted molar refractivity (Wildman–Crippen MR) is 84.9 cm³/mol. The fourth-order valence-electron chi connectivity index (χ4n) is 1.93. The Labute approximate surface area is 128 Å². The summed E-state index contributed by atoms with van der Waals surface area (Å²) in [6.07, 6.45) is 0.776. The van der Waals surface area contributed by atoms with E-state index >= 15 is 0 Å². The van der Waals surface area contributed by atoms with E-state index in [4.69, 9.17) is 10.5 Å². The smallest absolute Gasteiger partial charge is 0.243 e. The normalized spacial score (nSPS) is 12.1. The van der Waals surface area contributed by atoms with Crippen LogP contribution in [0.3, 0.4) is 0 Å². The molecule has 0 fully saturated rings. The van der Waals surface area contributed by atoms with Crippen molar-refractivity contribution >= 4 is 10.0 Å². The Morgan fingerprint density at radius 2 is 1.86 bits per heavy atom. The van der Waals surface area contributed by atoms with Gasteiger partial charge in [0, 0.05) is 13.1 Å². The molecule has 120 valence electrons. The molecule has 0 aliphatic carbocycles. The van der Waals surface area contributed by atoms with Crippen molar-refractivity contribution in [2.75, 3.05) is 26.2 Å². The maximum atomic E-state index is 12.5. The molecular weight excluding hydrogens is 288 g/mol. The zero-order valence-corrected chi connectivity index (χ0v) is 13.9. The van der Waals surface area contributed by atoms with Crippen molar-refractivity contribution in [3.63, 3.8) is 0 Å². The van der Waals surface area contributed by atoms with Crippen LogP contribution >= 0.6 is 0 Å². The third kappa shape index (κ3) is 5.30. The summed E-state index contributed by atoms with van der Waals surface area (Å²) in [5.74, 6) is 0.952. The zero-order chi connectivity index (χ0) is 15.9. The quantitative estimate of drug-likeness (QED) is 0.708. The van der Waals surface area contributed by atoms with E-state index in [1.54, 1.807) is 24.3 Å². The molecular formula is C15H26N2O3S. The molecule has 1 rings (SSSR count). The van der Waals surface area contributed by atoms with Gasteiger partial charge in [-0.2, -0.15) is 4.31 Å². The van der Waals surface area contributed by atoms with Crippen LogP contribution in [0.15, 0.2) is 29.2 Å². The molecule has 0 amide bonds. The SMILES string of the molecule is CCN(CC(C)C)S(=O)(=O)c1ccc(OCCCN)cc1. The number of hydrogen-bond acceptors (Lipinski definition) is 4. The van der Waals surface area contributed by atoms with Gasteiger partial charge in [0.2, 0.25) is 10.0 Å². The van der Waals surface area contributed by atoms with Crippen LogP contribution in [0.1, 0.15) is 27.2 Å². The summed E-state index contributed by atoms with van der Waals surface area (Å²) >= 11 is 0. The second kappa shape index (κ2) is 8.36. The molecule has 0 spiro atoms. The molecule has 0 aliphatic heterocycles. The van der Waals surface area contributed by atoms with Gasteiger partial charge in [0.1, 0.15) is 5.75 Å². The van der Waals surface area contributed by atoms with E-state index in [1.807, 2.05) is 20.8 Å². The van der Waals surface area contributed by atoms with E-state index in [-0.39, 0.29) is 0 Å². The molecule has 0 unspecified atom stereocenters. The van der Waals surface area contributed by atoms with Crippen molar-refractivity contribution in [2.45, 2.75) is 32.1 Å². The minimum Gasteiger partial charge on any atom is -0.494 e. The molecule has 2 N–H and O–H groups in total. The minimum absolute atomic E-state index is 0.290. The first-order chi connectivity index (χ1) is 9.91. The van der Waals surface area contributed by atoms with Crippen molar-refractivity contribution in [1.29, 1.82) is 0 Å². The summed E-state index contributed by atoms with van der Waals surface area (Å²) in [6, 6.07) is 6.56. The van der Waals surface area contributed by atoms with Crippen molar-refractivity contribution in [3.8, 4) is 5.75 Å². The summed E-state index contributed by atoms with van der Waals surface area (Å²) in [5, 5.41) is 0. The summed E-state index contributed by atoms with van der Waals surface area (Å²) in [5.41, 5.74) is 5.40. The van der Waals surface area contributed by atoms with Crippen LogP contribution in [0.4, 0.5) is 0 Å². The Bertz CT molecular complexity index is 512. The summed E-state index contributed by atoms with van der Waals surface area (Å²) in [6.45, 7) is 7.97. The van der Waals surface area contributed by atoms with Crippen molar-refractivity contribution in [2.24, 2.45) is 11.7 Å². The van der Waals surface area contributed by atoms with Gasteiger partial charge in [-0.1, -0.05) is 20.8 Å². The zero-order valence-electron chi connectivity index (χ0n) is 13.1. The Balaban J connectivity index is 2.83. The average molecular weight is 314 g/mol. The highest BCUT2D eigenvalue weighted by molar-refractivity contribution is 7.89. The largest absolute Gasteiger partial charge is 0.494 e. The highest BCUT2D eigenvalue weighted by Crippen LogP contribution is 2.20. The monoisotopic (exact) mass is 314 g/mol. The van der Waals surface area contributed by atoms with E-state index < -0.39 is 10.0 Å². The molecule has 0 bridgehead atoms. The van der Waals surface area contributed by atoms with E-state index in [0.29, 0.717) is 42.8 Å². The molecule has 1 aromatic rings. The lowest BCUT2D eigenvalue weighted by Crippen LogP contribution is -2.34. The first-order valence-electron chi connectivity index (χ1n) is 7.34. The van der Waals surface area contributed by atoms with Crippen molar-refractivity contribution in [1.82, 2.24) is 4.31 Å². The molecule has 0 atom stereocenters. The van der Waals surface area contributed by atoms with E-state index in [2.05, 4.69) is 0 Å². The third-order valence-corrected chi connectivity index (χ3v) is 4.96. The first-order valence-corrected chi connectivity index (χ1v) is 8.79. The lowest BCUT2D eigenvalue weighted by Gasteiger charge is -2.22. The molecule has 21 heavy (non-hydrogen) atoms. The highest BCUT2D eigenvalue weighted by atomic mass is 32.2. The molecule has 6 heteroatoms. The Morgan fingerprint density at radius 1 is 1.24 bits per heavy atom. The molecule has 1 aromatic carbocycles. The Kier molecular flexibility index (Phi) is 7.14. The number of benzene rings is 1. The van der Waals surface area contributed by atoms with Gasteiger partial charge in [-0.15, -0.1) is 0 Å². The minimum atomic E-state index is -3.43. The number of nitrogens with zero attached hydrogens (tertiary/aromatic N) is 1.